The number of ether oxygens (including phenoxy) is 1. The highest BCUT2D eigenvalue weighted by atomic mass is 19.1. The van der Waals surface area contributed by atoms with Gasteiger partial charge in [0.2, 0.25) is 0 Å². The van der Waals surface area contributed by atoms with Gasteiger partial charge in [-0.1, -0.05) is 12.5 Å². The SMILES string of the molecule is CC[C@@](O)(C=O)c1cc2n(c(=O)c1COC)C/C1=C(/C)CCCc3cc(cc(F)c3C)N=C12. The number of carbonyl (C=O) groups is 1. The lowest BCUT2D eigenvalue weighted by Gasteiger charge is -2.24. The number of hydrogen-bond acceptors (Lipinski definition) is 5. The first-order chi connectivity index (χ1) is 15.7. The van der Waals surface area contributed by atoms with Crippen molar-refractivity contribution in [2.24, 2.45) is 4.99 Å². The lowest BCUT2D eigenvalue weighted by molar-refractivity contribution is -0.125. The first kappa shape index (κ1) is 23.3. The molecule has 2 bridgehead atoms. The minimum atomic E-state index is -1.82. The highest BCUT2D eigenvalue weighted by molar-refractivity contribution is 6.15. The Morgan fingerprint density at radius 1 is 1.27 bits per heavy atom. The monoisotopic (exact) mass is 452 g/mol. The number of hydrogen-bond donors (Lipinski definition) is 1. The topological polar surface area (TPSA) is 80.9 Å². The maximum absolute atomic E-state index is 14.6. The lowest BCUT2D eigenvalue weighted by atomic mass is 9.88. The predicted molar refractivity (Wildman–Crippen MR) is 125 cm³/mol. The lowest BCUT2D eigenvalue weighted by Crippen LogP contribution is -2.35. The third kappa shape index (κ3) is 3.89. The third-order valence-electron chi connectivity index (χ3n) is 6.92. The minimum absolute atomic E-state index is 0.0262. The number of aliphatic hydroxyl groups is 1. The largest absolute Gasteiger partial charge is 0.380 e. The van der Waals surface area contributed by atoms with Crippen LogP contribution in [-0.4, -0.2) is 28.8 Å². The normalized spacial score (nSPS) is 19.4. The molecule has 0 radical (unpaired) electrons. The van der Waals surface area contributed by atoms with Gasteiger partial charge < -0.3 is 14.4 Å². The van der Waals surface area contributed by atoms with E-state index in [1.807, 2.05) is 13.0 Å². The van der Waals surface area contributed by atoms with Crippen LogP contribution in [0.4, 0.5) is 10.1 Å². The van der Waals surface area contributed by atoms with Gasteiger partial charge in [-0.25, -0.2) is 9.38 Å². The van der Waals surface area contributed by atoms with Gasteiger partial charge in [0.1, 0.15) is 11.4 Å². The fraction of sp³-hybridized carbons (Fsp3) is 0.423. The Morgan fingerprint density at radius 3 is 2.70 bits per heavy atom. The second-order valence-corrected chi connectivity index (χ2v) is 8.93. The van der Waals surface area contributed by atoms with Crippen LogP contribution in [0.1, 0.15) is 61.1 Å². The molecule has 1 atom stereocenters. The Kier molecular flexibility index (Phi) is 6.20. The number of aldehydes is 1. The Labute approximate surface area is 192 Å². The maximum atomic E-state index is 14.6. The second-order valence-electron chi connectivity index (χ2n) is 8.93. The zero-order valence-corrected chi connectivity index (χ0v) is 19.5. The maximum Gasteiger partial charge on any atom is 0.257 e. The summed E-state index contributed by atoms with van der Waals surface area (Å²) in [7, 11) is 1.47. The molecule has 3 heterocycles. The summed E-state index contributed by atoms with van der Waals surface area (Å²) in [6, 6.07) is 4.98. The quantitative estimate of drug-likeness (QED) is 0.695. The molecule has 33 heavy (non-hydrogen) atoms. The van der Waals surface area contributed by atoms with E-state index in [-0.39, 0.29) is 35.5 Å². The number of aryl methyl sites for hydroxylation is 1. The standard InChI is InChI=1S/C26H29FN2O4/c1-5-26(32,14-30)21-11-23-24-19(12-29(23)25(31)20(21)13-33-4)15(2)7-6-8-17-9-18(28-24)10-22(27)16(17)3/h9-11,14,32H,5-8,12-13H2,1-4H3/b19-15+,28-24?/t26-/m1/s1. The molecule has 1 aromatic carbocycles. The zero-order chi connectivity index (χ0) is 23.9. The van der Waals surface area contributed by atoms with Crippen molar-refractivity contribution in [1.82, 2.24) is 4.57 Å². The molecule has 6 nitrogen and oxygen atoms in total. The van der Waals surface area contributed by atoms with Crippen LogP contribution in [0.15, 0.2) is 39.1 Å². The Hall–Kier alpha value is -2.90. The molecule has 2 aliphatic heterocycles. The zero-order valence-electron chi connectivity index (χ0n) is 19.5. The van der Waals surface area contributed by atoms with Crippen LogP contribution in [-0.2, 0) is 34.7 Å². The number of halogens is 1. The summed E-state index contributed by atoms with van der Waals surface area (Å²) < 4.78 is 21.5. The average molecular weight is 453 g/mol. The number of pyridine rings is 1. The van der Waals surface area contributed by atoms with Gasteiger partial charge in [0, 0.05) is 18.2 Å². The summed E-state index contributed by atoms with van der Waals surface area (Å²) in [5, 5.41) is 11.0. The molecule has 174 valence electrons. The van der Waals surface area contributed by atoms with E-state index in [1.54, 1.807) is 24.5 Å². The molecular formula is C26H29FN2O4. The number of rotatable bonds is 5. The van der Waals surface area contributed by atoms with Gasteiger partial charge in [-0.05, 0) is 74.4 Å². The van der Waals surface area contributed by atoms with Crippen LogP contribution in [0.25, 0.3) is 0 Å². The highest BCUT2D eigenvalue weighted by Gasteiger charge is 2.35. The van der Waals surface area contributed by atoms with Crippen LogP contribution in [0.2, 0.25) is 0 Å². The molecule has 0 spiro atoms. The molecule has 2 aromatic rings. The number of nitrogens with zero attached hydrogens (tertiary/aromatic N) is 2. The molecule has 7 heteroatoms. The van der Waals surface area contributed by atoms with Crippen molar-refractivity contribution < 1.29 is 19.0 Å². The molecule has 0 saturated heterocycles. The fourth-order valence-electron chi connectivity index (χ4n) is 4.77. The van der Waals surface area contributed by atoms with Crippen molar-refractivity contribution >= 4 is 17.7 Å². The molecule has 2 aliphatic rings. The molecule has 4 rings (SSSR count). The molecule has 0 amide bonds. The third-order valence-corrected chi connectivity index (χ3v) is 6.92. The Balaban J connectivity index is 2.04. The number of allylic oxidation sites excluding steroid dienone is 2. The van der Waals surface area contributed by atoms with Gasteiger partial charge >= 0.3 is 0 Å². The van der Waals surface area contributed by atoms with E-state index in [2.05, 4.69) is 0 Å². The van der Waals surface area contributed by atoms with Crippen molar-refractivity contribution in [3.8, 4) is 0 Å². The number of aromatic nitrogens is 1. The van der Waals surface area contributed by atoms with Crippen LogP contribution in [0, 0.1) is 12.7 Å². The van der Waals surface area contributed by atoms with Crippen LogP contribution in [0.5, 0.6) is 0 Å². The number of fused-ring (bicyclic) bond motifs is 5. The van der Waals surface area contributed by atoms with E-state index in [9.17, 15) is 19.1 Å². The smallest absolute Gasteiger partial charge is 0.257 e. The van der Waals surface area contributed by atoms with Gasteiger partial charge in [-0.3, -0.25) is 9.59 Å². The fourth-order valence-corrected chi connectivity index (χ4v) is 4.77. The summed E-state index contributed by atoms with van der Waals surface area (Å²) in [5.41, 5.74) is 3.53. The van der Waals surface area contributed by atoms with Gasteiger partial charge in [0.15, 0.2) is 6.29 Å². The molecular weight excluding hydrogens is 423 g/mol. The summed E-state index contributed by atoms with van der Waals surface area (Å²) in [6.07, 6.45) is 2.98. The van der Waals surface area contributed by atoms with E-state index in [4.69, 9.17) is 9.73 Å². The number of methoxy groups -OCH3 is 1. The van der Waals surface area contributed by atoms with Crippen molar-refractivity contribution in [1.29, 1.82) is 0 Å². The van der Waals surface area contributed by atoms with Crippen LogP contribution >= 0.6 is 0 Å². The molecule has 1 aromatic heterocycles. The van der Waals surface area contributed by atoms with Crippen LogP contribution in [0.3, 0.4) is 0 Å². The summed E-state index contributed by atoms with van der Waals surface area (Å²) in [4.78, 5) is 30.1. The van der Waals surface area contributed by atoms with Gasteiger partial charge in [-0.15, -0.1) is 0 Å². The van der Waals surface area contributed by atoms with Crippen molar-refractivity contribution in [3.63, 3.8) is 0 Å². The van der Waals surface area contributed by atoms with Gasteiger partial charge in [-0.2, -0.15) is 0 Å². The summed E-state index contributed by atoms with van der Waals surface area (Å²) >= 11 is 0. The molecule has 0 unspecified atom stereocenters. The van der Waals surface area contributed by atoms with E-state index in [0.717, 1.165) is 36.0 Å². The first-order valence-corrected chi connectivity index (χ1v) is 11.3. The Bertz CT molecular complexity index is 1260. The summed E-state index contributed by atoms with van der Waals surface area (Å²) in [5.74, 6) is -0.303. The molecule has 0 aliphatic carbocycles. The van der Waals surface area contributed by atoms with E-state index >= 15 is 0 Å². The van der Waals surface area contributed by atoms with E-state index in [0.29, 0.717) is 35.5 Å². The molecule has 1 N–H and O–H groups in total. The molecule has 0 saturated carbocycles. The first-order valence-electron chi connectivity index (χ1n) is 11.3. The number of carbonyl (C=O) groups excluding carboxylic acids is 1. The van der Waals surface area contributed by atoms with Crippen molar-refractivity contribution in [3.05, 3.63) is 73.5 Å². The van der Waals surface area contributed by atoms with Gasteiger partial charge in [0.05, 0.1) is 30.2 Å². The van der Waals surface area contributed by atoms with Crippen molar-refractivity contribution in [2.45, 2.75) is 65.2 Å². The van der Waals surface area contributed by atoms with Crippen molar-refractivity contribution in [2.75, 3.05) is 7.11 Å². The summed E-state index contributed by atoms with van der Waals surface area (Å²) in [6.45, 7) is 5.81. The van der Waals surface area contributed by atoms with Crippen LogP contribution < -0.4 is 5.56 Å². The van der Waals surface area contributed by atoms with E-state index < -0.39 is 5.60 Å². The minimum Gasteiger partial charge on any atom is -0.380 e. The second kappa shape index (κ2) is 8.80. The van der Waals surface area contributed by atoms with Gasteiger partial charge in [0.25, 0.3) is 5.56 Å². The predicted octanol–water partition coefficient (Wildman–Crippen LogP) is 4.03. The number of aliphatic imine (C=N–C) groups is 1. The molecule has 0 fully saturated rings. The highest BCUT2D eigenvalue weighted by Crippen LogP contribution is 2.34. The average Bonchev–Trinajstić information content (AvgIpc) is 3.16. The Morgan fingerprint density at radius 2 is 2.03 bits per heavy atom. The van der Waals surface area contributed by atoms with E-state index in [1.165, 1.54) is 13.2 Å². The number of benzene rings is 1.